The molecule has 0 aliphatic heterocycles. The minimum atomic E-state index is 0. The SMILES string of the molecule is Cl.NCc1c(Cl)cccc1-c1ccsc1. The van der Waals surface area contributed by atoms with E-state index >= 15 is 0 Å². The average Bonchev–Trinajstić information content (AvgIpc) is 2.70. The molecule has 0 saturated heterocycles. The summed E-state index contributed by atoms with van der Waals surface area (Å²) in [5, 5.41) is 4.90. The summed E-state index contributed by atoms with van der Waals surface area (Å²) in [6, 6.07) is 7.96. The summed E-state index contributed by atoms with van der Waals surface area (Å²) in [6.07, 6.45) is 0. The van der Waals surface area contributed by atoms with Crippen LogP contribution in [0, 0.1) is 0 Å². The molecule has 0 spiro atoms. The molecule has 4 heteroatoms. The molecule has 0 atom stereocenters. The van der Waals surface area contributed by atoms with Gasteiger partial charge in [0.1, 0.15) is 0 Å². The molecule has 0 aliphatic rings. The van der Waals surface area contributed by atoms with Crippen LogP contribution in [0.4, 0.5) is 0 Å². The molecular formula is C11H11Cl2NS. The molecular weight excluding hydrogens is 249 g/mol. The van der Waals surface area contributed by atoms with E-state index in [1.165, 1.54) is 5.56 Å². The Labute approximate surface area is 104 Å². The van der Waals surface area contributed by atoms with Crippen molar-refractivity contribution < 1.29 is 0 Å². The summed E-state index contributed by atoms with van der Waals surface area (Å²) in [6.45, 7) is 0.477. The van der Waals surface area contributed by atoms with E-state index in [2.05, 4.69) is 22.9 Å². The fraction of sp³-hybridized carbons (Fsp3) is 0.0909. The average molecular weight is 260 g/mol. The van der Waals surface area contributed by atoms with Gasteiger partial charge in [-0.25, -0.2) is 0 Å². The molecule has 0 saturated carbocycles. The zero-order valence-electron chi connectivity index (χ0n) is 7.94. The second kappa shape index (κ2) is 5.52. The molecule has 1 heterocycles. The maximum absolute atomic E-state index is 6.07. The molecule has 2 rings (SSSR count). The van der Waals surface area contributed by atoms with E-state index in [0.29, 0.717) is 6.54 Å². The van der Waals surface area contributed by atoms with Crippen LogP contribution in [0.15, 0.2) is 35.0 Å². The van der Waals surface area contributed by atoms with Gasteiger partial charge in [-0.3, -0.25) is 0 Å². The fourth-order valence-corrected chi connectivity index (χ4v) is 2.36. The largest absolute Gasteiger partial charge is 0.326 e. The van der Waals surface area contributed by atoms with Crippen LogP contribution in [0.25, 0.3) is 11.1 Å². The van der Waals surface area contributed by atoms with Gasteiger partial charge in [-0.15, -0.1) is 12.4 Å². The molecule has 0 amide bonds. The highest BCUT2D eigenvalue weighted by Gasteiger charge is 2.06. The summed E-state index contributed by atoms with van der Waals surface area (Å²) < 4.78 is 0. The monoisotopic (exact) mass is 259 g/mol. The molecule has 15 heavy (non-hydrogen) atoms. The third-order valence-electron chi connectivity index (χ3n) is 2.16. The topological polar surface area (TPSA) is 26.0 Å². The van der Waals surface area contributed by atoms with E-state index in [0.717, 1.165) is 16.1 Å². The van der Waals surface area contributed by atoms with Crippen LogP contribution in [0.3, 0.4) is 0 Å². The Kier molecular flexibility index (Phi) is 4.61. The van der Waals surface area contributed by atoms with Crippen LogP contribution in [0.5, 0.6) is 0 Å². The summed E-state index contributed by atoms with van der Waals surface area (Å²) in [5.41, 5.74) is 9.03. The lowest BCUT2D eigenvalue weighted by Gasteiger charge is -2.07. The summed E-state index contributed by atoms with van der Waals surface area (Å²) in [7, 11) is 0. The lowest BCUT2D eigenvalue weighted by atomic mass is 10.0. The predicted molar refractivity (Wildman–Crippen MR) is 69.9 cm³/mol. The second-order valence-electron chi connectivity index (χ2n) is 2.98. The molecule has 0 aliphatic carbocycles. The normalized spacial score (nSPS) is 9.73. The highest BCUT2D eigenvalue weighted by molar-refractivity contribution is 7.08. The van der Waals surface area contributed by atoms with Gasteiger partial charge in [-0.2, -0.15) is 11.3 Å². The minimum absolute atomic E-state index is 0. The first-order valence-corrected chi connectivity index (χ1v) is 5.65. The van der Waals surface area contributed by atoms with Crippen LogP contribution >= 0.6 is 35.3 Å². The van der Waals surface area contributed by atoms with Gasteiger partial charge in [0.05, 0.1) is 0 Å². The van der Waals surface area contributed by atoms with E-state index in [1.54, 1.807) is 11.3 Å². The fourth-order valence-electron chi connectivity index (χ4n) is 1.45. The third-order valence-corrected chi connectivity index (χ3v) is 3.19. The molecule has 1 aromatic heterocycles. The maximum Gasteiger partial charge on any atom is 0.0457 e. The van der Waals surface area contributed by atoms with Gasteiger partial charge in [0.15, 0.2) is 0 Å². The molecule has 1 aromatic carbocycles. The first-order chi connectivity index (χ1) is 6.83. The maximum atomic E-state index is 6.07. The lowest BCUT2D eigenvalue weighted by molar-refractivity contribution is 1.07. The Balaban J connectivity index is 0.00000112. The summed E-state index contributed by atoms with van der Waals surface area (Å²) in [5.74, 6) is 0. The number of halogens is 2. The number of hydrogen-bond donors (Lipinski definition) is 1. The Morgan fingerprint density at radius 2 is 2.07 bits per heavy atom. The minimum Gasteiger partial charge on any atom is -0.326 e. The van der Waals surface area contributed by atoms with Crippen LogP contribution in [0.2, 0.25) is 5.02 Å². The molecule has 0 radical (unpaired) electrons. The van der Waals surface area contributed by atoms with Gasteiger partial charge < -0.3 is 5.73 Å². The van der Waals surface area contributed by atoms with Gasteiger partial charge in [0.25, 0.3) is 0 Å². The molecule has 0 fully saturated rings. The third kappa shape index (κ3) is 2.52. The van der Waals surface area contributed by atoms with Gasteiger partial charge in [-0.1, -0.05) is 23.7 Å². The van der Waals surface area contributed by atoms with Crippen LogP contribution in [-0.2, 0) is 6.54 Å². The second-order valence-corrected chi connectivity index (χ2v) is 4.17. The zero-order valence-corrected chi connectivity index (χ0v) is 10.3. The molecule has 2 aromatic rings. The van der Waals surface area contributed by atoms with E-state index in [9.17, 15) is 0 Å². The van der Waals surface area contributed by atoms with Crippen molar-refractivity contribution in [3.63, 3.8) is 0 Å². The Morgan fingerprint density at radius 3 is 2.67 bits per heavy atom. The number of hydrogen-bond acceptors (Lipinski definition) is 2. The first kappa shape index (κ1) is 12.5. The number of benzene rings is 1. The van der Waals surface area contributed by atoms with Gasteiger partial charge in [-0.05, 0) is 39.6 Å². The molecule has 80 valence electrons. The van der Waals surface area contributed by atoms with E-state index in [1.807, 2.05) is 12.1 Å². The molecule has 1 nitrogen and oxygen atoms in total. The van der Waals surface area contributed by atoms with Crippen LogP contribution < -0.4 is 5.73 Å². The van der Waals surface area contributed by atoms with Crippen molar-refractivity contribution in [2.24, 2.45) is 5.73 Å². The quantitative estimate of drug-likeness (QED) is 0.869. The number of rotatable bonds is 2. The van der Waals surface area contributed by atoms with Crippen molar-refractivity contribution in [2.45, 2.75) is 6.54 Å². The van der Waals surface area contributed by atoms with Gasteiger partial charge >= 0.3 is 0 Å². The Bertz CT molecular complexity index is 426. The summed E-state index contributed by atoms with van der Waals surface area (Å²) >= 11 is 7.75. The van der Waals surface area contributed by atoms with Crippen molar-refractivity contribution >= 4 is 35.3 Å². The van der Waals surface area contributed by atoms with Crippen molar-refractivity contribution in [1.29, 1.82) is 0 Å². The van der Waals surface area contributed by atoms with Crippen molar-refractivity contribution in [1.82, 2.24) is 0 Å². The van der Waals surface area contributed by atoms with Crippen molar-refractivity contribution in [3.05, 3.63) is 45.6 Å². The highest BCUT2D eigenvalue weighted by atomic mass is 35.5. The number of nitrogens with two attached hydrogens (primary N) is 1. The predicted octanol–water partition coefficient (Wildman–Crippen LogP) is 3.95. The van der Waals surface area contributed by atoms with Crippen LogP contribution in [0.1, 0.15) is 5.56 Å². The van der Waals surface area contributed by atoms with Crippen LogP contribution in [-0.4, -0.2) is 0 Å². The Morgan fingerprint density at radius 1 is 1.27 bits per heavy atom. The highest BCUT2D eigenvalue weighted by Crippen LogP contribution is 2.29. The van der Waals surface area contributed by atoms with Gasteiger partial charge in [0.2, 0.25) is 0 Å². The number of thiophene rings is 1. The van der Waals surface area contributed by atoms with Crippen molar-refractivity contribution in [2.75, 3.05) is 0 Å². The molecule has 2 N–H and O–H groups in total. The van der Waals surface area contributed by atoms with E-state index < -0.39 is 0 Å². The molecule has 0 bridgehead atoms. The standard InChI is InChI=1S/C11H10ClNS.ClH/c12-11-3-1-2-9(10(11)6-13)8-4-5-14-7-8;/h1-5,7H,6,13H2;1H. The van der Waals surface area contributed by atoms with Gasteiger partial charge in [0, 0.05) is 11.6 Å². The lowest BCUT2D eigenvalue weighted by Crippen LogP contribution is -1.99. The first-order valence-electron chi connectivity index (χ1n) is 4.33. The molecule has 0 unspecified atom stereocenters. The van der Waals surface area contributed by atoms with Crippen molar-refractivity contribution in [3.8, 4) is 11.1 Å². The zero-order chi connectivity index (χ0) is 9.97. The van der Waals surface area contributed by atoms with E-state index in [4.69, 9.17) is 17.3 Å². The smallest absolute Gasteiger partial charge is 0.0457 e. The van der Waals surface area contributed by atoms with E-state index in [-0.39, 0.29) is 12.4 Å². The summed E-state index contributed by atoms with van der Waals surface area (Å²) in [4.78, 5) is 0. The Hall–Kier alpha value is -0.540.